The predicted molar refractivity (Wildman–Crippen MR) is 114 cm³/mol. The maximum atomic E-state index is 13.3. The number of aromatic nitrogens is 5. The van der Waals surface area contributed by atoms with E-state index in [0.29, 0.717) is 35.6 Å². The minimum atomic E-state index is -2.57. The molecule has 0 saturated heterocycles. The molecule has 0 radical (unpaired) electrons. The van der Waals surface area contributed by atoms with Crippen molar-refractivity contribution in [2.75, 3.05) is 19.0 Å². The molecule has 0 bridgehead atoms. The summed E-state index contributed by atoms with van der Waals surface area (Å²) in [5.41, 5.74) is 0.361. The third-order valence-corrected chi connectivity index (χ3v) is 6.75. The van der Waals surface area contributed by atoms with Crippen molar-refractivity contribution < 1.29 is 8.78 Å². The normalized spacial score (nSPS) is 19.2. The highest BCUT2D eigenvalue weighted by atomic mass is 32.1. The second-order valence-corrected chi connectivity index (χ2v) is 9.07. The number of rotatable bonds is 3. The number of anilines is 1. The first-order chi connectivity index (χ1) is 14.3. The molecule has 0 atom stereocenters. The van der Waals surface area contributed by atoms with Crippen LogP contribution in [-0.2, 0) is 0 Å². The first kappa shape index (κ1) is 20.9. The number of thiazole rings is 1. The Morgan fingerprint density at radius 2 is 1.97 bits per heavy atom. The Hall–Kier alpha value is -2.36. The molecular formula is C20H26F2N6OS. The van der Waals surface area contributed by atoms with E-state index >= 15 is 0 Å². The summed E-state index contributed by atoms with van der Waals surface area (Å²) in [6.07, 6.45) is 7.03. The molecule has 2 aliphatic carbocycles. The monoisotopic (exact) mass is 436 g/mol. The van der Waals surface area contributed by atoms with Crippen LogP contribution in [0.3, 0.4) is 0 Å². The molecule has 10 heteroatoms. The predicted octanol–water partition coefficient (Wildman–Crippen LogP) is 4.35. The van der Waals surface area contributed by atoms with Crippen molar-refractivity contribution in [3.8, 4) is 0 Å². The lowest BCUT2D eigenvalue weighted by molar-refractivity contribution is -0.0446. The Bertz CT molecular complexity index is 1030. The number of hydrogen-bond acceptors (Lipinski definition) is 6. The standard InChI is InChI=1S/C15H18F2N4O.C5H8N2S/c16-15(17)6-4-10(5-7-15)21-13-11(8-18-21)14(22)20-12(19-13)9-2-1-3-9;1-7(2)5-6-3-4-8-5/h8-10H,1-7H2,(H,19,20,22);3-4H,1-2H3. The zero-order valence-electron chi connectivity index (χ0n) is 17.1. The van der Waals surface area contributed by atoms with Crippen LogP contribution >= 0.6 is 11.3 Å². The van der Waals surface area contributed by atoms with E-state index in [1.807, 2.05) is 24.4 Å². The quantitative estimate of drug-likeness (QED) is 0.660. The first-order valence-corrected chi connectivity index (χ1v) is 11.1. The molecule has 162 valence electrons. The molecular weight excluding hydrogens is 410 g/mol. The van der Waals surface area contributed by atoms with E-state index < -0.39 is 5.92 Å². The van der Waals surface area contributed by atoms with E-state index in [1.165, 1.54) is 6.20 Å². The van der Waals surface area contributed by atoms with Gasteiger partial charge < -0.3 is 9.88 Å². The molecule has 0 aromatic carbocycles. The van der Waals surface area contributed by atoms with Crippen LogP contribution in [0.1, 0.15) is 62.7 Å². The molecule has 7 nitrogen and oxygen atoms in total. The van der Waals surface area contributed by atoms with Gasteiger partial charge in [0.1, 0.15) is 11.2 Å². The second kappa shape index (κ2) is 8.41. The number of halogens is 2. The lowest BCUT2D eigenvalue weighted by atomic mass is 9.85. The number of fused-ring (bicyclic) bond motifs is 1. The number of alkyl halides is 2. The molecule has 0 spiro atoms. The van der Waals surface area contributed by atoms with Gasteiger partial charge in [-0.1, -0.05) is 6.42 Å². The summed E-state index contributed by atoms with van der Waals surface area (Å²) in [6.45, 7) is 0. The summed E-state index contributed by atoms with van der Waals surface area (Å²) in [7, 11) is 3.97. The molecule has 3 aromatic rings. The molecule has 2 aliphatic rings. The largest absolute Gasteiger partial charge is 0.354 e. The Labute approximate surface area is 177 Å². The van der Waals surface area contributed by atoms with Crippen molar-refractivity contribution in [2.45, 2.75) is 62.8 Å². The molecule has 3 heterocycles. The highest BCUT2D eigenvalue weighted by Crippen LogP contribution is 2.39. The first-order valence-electron chi connectivity index (χ1n) is 10.3. The van der Waals surface area contributed by atoms with E-state index in [0.717, 1.165) is 24.4 Å². The molecule has 30 heavy (non-hydrogen) atoms. The number of nitrogens with one attached hydrogen (secondary N) is 1. The number of H-pyrrole nitrogens is 1. The van der Waals surface area contributed by atoms with Gasteiger partial charge in [-0.3, -0.25) is 4.79 Å². The molecule has 3 aromatic heterocycles. The van der Waals surface area contributed by atoms with E-state index in [-0.39, 0.29) is 24.4 Å². The molecule has 5 rings (SSSR count). The summed E-state index contributed by atoms with van der Waals surface area (Å²) in [5, 5.41) is 7.73. The van der Waals surface area contributed by atoms with E-state index in [1.54, 1.807) is 22.2 Å². The van der Waals surface area contributed by atoms with Gasteiger partial charge in [-0.05, 0) is 25.7 Å². The Kier molecular flexibility index (Phi) is 5.86. The fourth-order valence-corrected chi connectivity index (χ4v) is 4.38. The minimum absolute atomic E-state index is 0.0966. The van der Waals surface area contributed by atoms with Crippen LogP contribution in [0, 0.1) is 0 Å². The van der Waals surface area contributed by atoms with Gasteiger partial charge in [0.15, 0.2) is 10.8 Å². The van der Waals surface area contributed by atoms with Gasteiger partial charge in [0.05, 0.1) is 12.2 Å². The highest BCUT2D eigenvalue weighted by Gasteiger charge is 2.36. The van der Waals surface area contributed by atoms with Crippen LogP contribution < -0.4 is 10.5 Å². The Morgan fingerprint density at radius 1 is 1.23 bits per heavy atom. The number of aromatic amines is 1. The third-order valence-electron chi connectivity index (χ3n) is 5.81. The van der Waals surface area contributed by atoms with Crippen molar-refractivity contribution in [3.05, 3.63) is 34.0 Å². The van der Waals surface area contributed by atoms with Gasteiger partial charge in [-0.2, -0.15) is 5.10 Å². The van der Waals surface area contributed by atoms with Gasteiger partial charge in [0, 0.05) is 44.4 Å². The smallest absolute Gasteiger partial charge is 0.262 e. The molecule has 2 fully saturated rings. The fraction of sp³-hybridized carbons (Fsp3) is 0.600. The zero-order chi connectivity index (χ0) is 21.3. The van der Waals surface area contributed by atoms with Crippen LogP contribution in [0.2, 0.25) is 0 Å². The second-order valence-electron chi connectivity index (χ2n) is 8.20. The highest BCUT2D eigenvalue weighted by molar-refractivity contribution is 7.13. The lowest BCUT2D eigenvalue weighted by Gasteiger charge is -2.28. The van der Waals surface area contributed by atoms with Gasteiger partial charge in [0.2, 0.25) is 5.92 Å². The summed E-state index contributed by atoms with van der Waals surface area (Å²) in [4.78, 5) is 25.7. The summed E-state index contributed by atoms with van der Waals surface area (Å²) in [6, 6.07) is -0.0966. The average Bonchev–Trinajstić information content (AvgIpc) is 3.31. The molecule has 0 unspecified atom stereocenters. The van der Waals surface area contributed by atoms with Gasteiger partial charge in [0.25, 0.3) is 5.56 Å². The van der Waals surface area contributed by atoms with Crippen molar-refractivity contribution in [3.63, 3.8) is 0 Å². The van der Waals surface area contributed by atoms with Gasteiger partial charge >= 0.3 is 0 Å². The maximum Gasteiger partial charge on any atom is 0.262 e. The van der Waals surface area contributed by atoms with E-state index in [2.05, 4.69) is 20.1 Å². The molecule has 0 amide bonds. The van der Waals surface area contributed by atoms with Crippen LogP contribution in [0.5, 0.6) is 0 Å². The van der Waals surface area contributed by atoms with Gasteiger partial charge in [-0.15, -0.1) is 11.3 Å². The topological polar surface area (TPSA) is 79.7 Å². The van der Waals surface area contributed by atoms with Crippen LogP contribution in [0.25, 0.3) is 11.0 Å². The molecule has 1 N–H and O–H groups in total. The Balaban J connectivity index is 0.000000230. The summed E-state index contributed by atoms with van der Waals surface area (Å²) in [5.74, 6) is -1.54. The fourth-order valence-electron chi connectivity index (χ4n) is 3.80. The zero-order valence-corrected chi connectivity index (χ0v) is 18.0. The summed E-state index contributed by atoms with van der Waals surface area (Å²) < 4.78 is 28.3. The van der Waals surface area contributed by atoms with Crippen LogP contribution in [0.15, 0.2) is 22.6 Å². The van der Waals surface area contributed by atoms with Crippen molar-refractivity contribution in [2.24, 2.45) is 0 Å². The minimum Gasteiger partial charge on any atom is -0.354 e. The molecule has 0 aliphatic heterocycles. The number of hydrogen-bond donors (Lipinski definition) is 1. The Morgan fingerprint density at radius 3 is 2.50 bits per heavy atom. The average molecular weight is 437 g/mol. The van der Waals surface area contributed by atoms with Crippen molar-refractivity contribution >= 4 is 27.5 Å². The number of nitrogens with zero attached hydrogens (tertiary/aromatic N) is 5. The summed E-state index contributed by atoms with van der Waals surface area (Å²) >= 11 is 1.65. The lowest BCUT2D eigenvalue weighted by Crippen LogP contribution is -2.27. The SMILES string of the molecule is CN(C)c1nccs1.O=c1[nH]c(C2CCC2)nc2c1cnn2C1CCC(F)(F)CC1. The maximum absolute atomic E-state index is 13.3. The van der Waals surface area contributed by atoms with E-state index in [4.69, 9.17) is 0 Å². The van der Waals surface area contributed by atoms with E-state index in [9.17, 15) is 13.6 Å². The van der Waals surface area contributed by atoms with Crippen molar-refractivity contribution in [1.29, 1.82) is 0 Å². The van der Waals surface area contributed by atoms with Crippen molar-refractivity contribution in [1.82, 2.24) is 24.7 Å². The third kappa shape index (κ3) is 4.38. The van der Waals surface area contributed by atoms with Crippen LogP contribution in [0.4, 0.5) is 13.9 Å². The van der Waals surface area contributed by atoms with Crippen LogP contribution in [-0.4, -0.2) is 44.8 Å². The van der Waals surface area contributed by atoms with Gasteiger partial charge in [-0.25, -0.2) is 23.4 Å². The molecule has 2 saturated carbocycles.